The van der Waals surface area contributed by atoms with Gasteiger partial charge in [-0.15, -0.1) is 0 Å². The molecule has 0 saturated heterocycles. The highest BCUT2D eigenvalue weighted by Gasteiger charge is 2.09. The molecule has 0 saturated carbocycles. The summed E-state index contributed by atoms with van der Waals surface area (Å²) in [6, 6.07) is 0. The quantitative estimate of drug-likeness (QED) is 0.526. The summed E-state index contributed by atoms with van der Waals surface area (Å²) in [4.78, 5) is 0. The lowest BCUT2D eigenvalue weighted by Gasteiger charge is -2.18. The van der Waals surface area contributed by atoms with E-state index in [9.17, 15) is 0 Å². The Hall–Kier alpha value is 0.0649. The van der Waals surface area contributed by atoms with Crippen LogP contribution in [0, 0.1) is 11.8 Å². The topological polar surface area (TPSA) is 0 Å². The number of rotatable bonds is 4. The molecule has 2 atom stereocenters. The molecule has 0 aliphatic carbocycles. The molecule has 0 aliphatic rings. The van der Waals surface area contributed by atoms with Crippen molar-refractivity contribution >= 4 is 7.85 Å². The summed E-state index contributed by atoms with van der Waals surface area (Å²) in [5.41, 5.74) is 0. The maximum Gasteiger partial charge on any atom is 0.105 e. The van der Waals surface area contributed by atoms with Crippen molar-refractivity contribution < 1.29 is 0 Å². The smallest absolute Gasteiger partial charge is 0.0672 e. The van der Waals surface area contributed by atoms with Gasteiger partial charge in [-0.05, 0) is 5.92 Å². The first-order valence-electron chi connectivity index (χ1n) is 4.57. The molecule has 0 rings (SSSR count). The van der Waals surface area contributed by atoms with Crippen LogP contribution in [-0.2, 0) is 0 Å². The molecule has 0 aromatic rings. The lowest BCUT2D eigenvalue weighted by atomic mass is 9.73. The van der Waals surface area contributed by atoms with Crippen molar-refractivity contribution in [3.63, 3.8) is 0 Å². The molecule has 0 nitrogen and oxygen atoms in total. The average molecular weight is 140 g/mol. The minimum Gasteiger partial charge on any atom is -0.0672 e. The maximum absolute atomic E-state index is 2.36. The summed E-state index contributed by atoms with van der Waals surface area (Å²) >= 11 is 0. The molecule has 0 aromatic heterocycles. The lowest BCUT2D eigenvalue weighted by Crippen LogP contribution is -2.06. The second kappa shape index (κ2) is 4.82. The molecule has 0 spiro atoms. The van der Waals surface area contributed by atoms with Crippen LogP contribution in [0.3, 0.4) is 0 Å². The van der Waals surface area contributed by atoms with Gasteiger partial charge in [0, 0.05) is 0 Å². The van der Waals surface area contributed by atoms with E-state index in [1.807, 2.05) is 0 Å². The van der Waals surface area contributed by atoms with Crippen molar-refractivity contribution in [1.82, 2.24) is 0 Å². The second-order valence-electron chi connectivity index (χ2n) is 3.97. The van der Waals surface area contributed by atoms with E-state index < -0.39 is 0 Å². The molecule has 2 unspecified atom stereocenters. The molecular weight excluding hydrogens is 119 g/mol. The van der Waals surface area contributed by atoms with E-state index in [1.165, 1.54) is 12.8 Å². The summed E-state index contributed by atoms with van der Waals surface area (Å²) in [6.07, 6.45) is 2.73. The summed E-state index contributed by atoms with van der Waals surface area (Å²) < 4.78 is 0. The summed E-state index contributed by atoms with van der Waals surface area (Å²) in [5.74, 6) is 2.67. The Morgan fingerprint density at radius 2 is 1.70 bits per heavy atom. The normalized spacial score (nSPS) is 17.3. The van der Waals surface area contributed by atoms with E-state index >= 15 is 0 Å². The van der Waals surface area contributed by atoms with Crippen LogP contribution in [0.25, 0.3) is 0 Å². The van der Waals surface area contributed by atoms with Crippen LogP contribution in [0.4, 0.5) is 0 Å². The van der Waals surface area contributed by atoms with Crippen molar-refractivity contribution in [3.8, 4) is 0 Å². The zero-order chi connectivity index (χ0) is 8.15. The van der Waals surface area contributed by atoms with E-state index in [4.69, 9.17) is 0 Å². The van der Waals surface area contributed by atoms with Gasteiger partial charge in [0.15, 0.2) is 0 Å². The largest absolute Gasteiger partial charge is 0.105 e. The standard InChI is InChI=1S/C9H21B/c1-5-8(4)6-9(10)7(2)3/h7-9H,5-6,10H2,1-4H3. The lowest BCUT2D eigenvalue weighted by molar-refractivity contribution is 0.441. The third kappa shape index (κ3) is 3.97. The van der Waals surface area contributed by atoms with Crippen molar-refractivity contribution in [1.29, 1.82) is 0 Å². The molecule has 0 radical (unpaired) electrons. The van der Waals surface area contributed by atoms with Gasteiger partial charge in [0.25, 0.3) is 0 Å². The van der Waals surface area contributed by atoms with Gasteiger partial charge in [-0.1, -0.05) is 52.3 Å². The number of hydrogen-bond acceptors (Lipinski definition) is 0. The Morgan fingerprint density at radius 3 is 2.00 bits per heavy atom. The van der Waals surface area contributed by atoms with Crippen LogP contribution >= 0.6 is 0 Å². The molecule has 0 fully saturated rings. The van der Waals surface area contributed by atoms with Crippen molar-refractivity contribution in [2.24, 2.45) is 11.8 Å². The van der Waals surface area contributed by atoms with Crippen LogP contribution in [-0.4, -0.2) is 7.85 Å². The molecule has 60 valence electrons. The Labute approximate surface area is 66.8 Å². The third-order valence-electron chi connectivity index (χ3n) is 2.61. The fraction of sp³-hybridized carbons (Fsp3) is 1.00. The minimum atomic E-state index is 0.856. The molecule has 0 heterocycles. The van der Waals surface area contributed by atoms with Crippen LogP contribution < -0.4 is 0 Å². The monoisotopic (exact) mass is 140 g/mol. The van der Waals surface area contributed by atoms with Gasteiger partial charge in [0.05, 0.1) is 0 Å². The summed E-state index contributed by atoms with van der Waals surface area (Å²) in [7, 11) is 2.36. The third-order valence-corrected chi connectivity index (χ3v) is 2.61. The van der Waals surface area contributed by atoms with Crippen molar-refractivity contribution in [3.05, 3.63) is 0 Å². The van der Waals surface area contributed by atoms with E-state index in [0.717, 1.165) is 17.7 Å². The first kappa shape index (κ1) is 10.1. The average Bonchev–Trinajstić information content (AvgIpc) is 1.87. The van der Waals surface area contributed by atoms with Gasteiger partial charge in [-0.3, -0.25) is 0 Å². The first-order valence-corrected chi connectivity index (χ1v) is 4.57. The fourth-order valence-corrected chi connectivity index (χ4v) is 1.07. The molecule has 0 aliphatic heterocycles. The SMILES string of the molecule is BC(CC(C)CC)C(C)C. The van der Waals surface area contributed by atoms with E-state index in [2.05, 4.69) is 35.5 Å². The van der Waals surface area contributed by atoms with Gasteiger partial charge < -0.3 is 0 Å². The molecule has 10 heavy (non-hydrogen) atoms. The minimum absolute atomic E-state index is 0.856. The zero-order valence-electron chi connectivity index (χ0n) is 8.15. The molecule has 0 aromatic carbocycles. The predicted molar refractivity (Wildman–Crippen MR) is 51.2 cm³/mol. The van der Waals surface area contributed by atoms with E-state index in [0.29, 0.717) is 0 Å². The second-order valence-corrected chi connectivity index (χ2v) is 3.97. The van der Waals surface area contributed by atoms with Gasteiger partial charge in [0.2, 0.25) is 0 Å². The molecule has 0 N–H and O–H groups in total. The Bertz CT molecular complexity index is 78.8. The maximum atomic E-state index is 2.36. The Morgan fingerprint density at radius 1 is 1.20 bits per heavy atom. The predicted octanol–water partition coefficient (Wildman–Crippen LogP) is 2.50. The summed E-state index contributed by atoms with van der Waals surface area (Å²) in [6.45, 7) is 9.25. The molecule has 0 amide bonds. The van der Waals surface area contributed by atoms with Gasteiger partial charge >= 0.3 is 0 Å². The fourth-order valence-electron chi connectivity index (χ4n) is 1.07. The van der Waals surface area contributed by atoms with E-state index in [1.54, 1.807) is 0 Å². The van der Waals surface area contributed by atoms with Crippen molar-refractivity contribution in [2.45, 2.75) is 46.4 Å². The van der Waals surface area contributed by atoms with Gasteiger partial charge in [-0.25, -0.2) is 0 Å². The van der Waals surface area contributed by atoms with E-state index in [-0.39, 0.29) is 0 Å². The highest BCUT2D eigenvalue weighted by atomic mass is 14.1. The van der Waals surface area contributed by atoms with Crippen LogP contribution in [0.1, 0.15) is 40.5 Å². The van der Waals surface area contributed by atoms with Crippen LogP contribution in [0.5, 0.6) is 0 Å². The number of hydrogen-bond donors (Lipinski definition) is 0. The zero-order valence-corrected chi connectivity index (χ0v) is 8.15. The van der Waals surface area contributed by atoms with Crippen LogP contribution in [0.2, 0.25) is 5.82 Å². The molecule has 1 heteroatoms. The summed E-state index contributed by atoms with van der Waals surface area (Å²) in [5, 5.41) is 0. The van der Waals surface area contributed by atoms with Gasteiger partial charge in [0.1, 0.15) is 7.85 Å². The highest BCUT2D eigenvalue weighted by Crippen LogP contribution is 2.23. The van der Waals surface area contributed by atoms with Gasteiger partial charge in [-0.2, -0.15) is 0 Å². The first-order chi connectivity index (χ1) is 4.57. The Balaban J connectivity index is 3.46. The Kier molecular flexibility index (Phi) is 4.85. The van der Waals surface area contributed by atoms with Crippen molar-refractivity contribution in [2.75, 3.05) is 0 Å². The van der Waals surface area contributed by atoms with Crippen LogP contribution in [0.15, 0.2) is 0 Å². The molecule has 0 bridgehead atoms. The highest BCUT2D eigenvalue weighted by molar-refractivity contribution is 6.11. The molecular formula is C9H21B.